The number of benzene rings is 1. The summed E-state index contributed by atoms with van der Waals surface area (Å²) >= 11 is 6.01. The largest absolute Gasteiger partial charge is 0.342 e. The third kappa shape index (κ3) is 4.73. The van der Waals surface area contributed by atoms with Crippen LogP contribution in [0.2, 0.25) is 5.02 Å². The van der Waals surface area contributed by atoms with Crippen LogP contribution in [0.5, 0.6) is 0 Å². The Morgan fingerprint density at radius 3 is 2.43 bits per heavy atom. The van der Waals surface area contributed by atoms with E-state index in [2.05, 4.69) is 17.0 Å². The van der Waals surface area contributed by atoms with Crippen LogP contribution in [0, 0.1) is 5.92 Å². The van der Waals surface area contributed by atoms with Gasteiger partial charge in [0, 0.05) is 30.5 Å². The zero-order chi connectivity index (χ0) is 16.1. The van der Waals surface area contributed by atoms with Crippen LogP contribution in [-0.2, 0) is 4.79 Å². The maximum atomic E-state index is 12.8. The minimum Gasteiger partial charge on any atom is -0.342 e. The predicted octanol–water partition coefficient (Wildman–Crippen LogP) is 5.41. The van der Waals surface area contributed by atoms with Gasteiger partial charge in [-0.2, -0.15) is 0 Å². The molecule has 1 amide bonds. The lowest BCUT2D eigenvalue weighted by atomic mass is 9.86. The second-order valence-electron chi connectivity index (χ2n) is 7.29. The lowest BCUT2D eigenvalue weighted by Crippen LogP contribution is -2.35. The van der Waals surface area contributed by atoms with E-state index in [1.165, 1.54) is 50.5 Å². The second kappa shape index (κ2) is 8.19. The van der Waals surface area contributed by atoms with Crippen molar-refractivity contribution < 1.29 is 4.79 Å². The Labute approximate surface area is 145 Å². The quantitative estimate of drug-likeness (QED) is 0.724. The van der Waals surface area contributed by atoms with Gasteiger partial charge in [-0.25, -0.2) is 0 Å². The Balaban J connectivity index is 1.61. The van der Waals surface area contributed by atoms with Crippen molar-refractivity contribution in [1.82, 2.24) is 4.90 Å². The van der Waals surface area contributed by atoms with Gasteiger partial charge in [0.05, 0.1) is 0 Å². The first-order chi connectivity index (χ1) is 11.2. The molecule has 0 N–H and O–H groups in total. The number of rotatable bonds is 3. The highest BCUT2D eigenvalue weighted by Crippen LogP contribution is 2.30. The van der Waals surface area contributed by atoms with Gasteiger partial charge in [-0.1, -0.05) is 49.4 Å². The summed E-state index contributed by atoms with van der Waals surface area (Å²) in [6.07, 6.45) is 10.8. The van der Waals surface area contributed by atoms with Crippen molar-refractivity contribution >= 4 is 17.5 Å². The smallest absolute Gasteiger partial charge is 0.222 e. The average molecular weight is 334 g/mol. The highest BCUT2D eigenvalue weighted by molar-refractivity contribution is 6.30. The lowest BCUT2D eigenvalue weighted by Gasteiger charge is -2.28. The number of nitrogens with zero attached hydrogens (tertiary/aromatic N) is 1. The Hall–Kier alpha value is -1.02. The van der Waals surface area contributed by atoms with Crippen LogP contribution in [0.25, 0.3) is 0 Å². The molecule has 23 heavy (non-hydrogen) atoms. The van der Waals surface area contributed by atoms with Crippen LogP contribution >= 0.6 is 11.6 Å². The number of amides is 1. The lowest BCUT2D eigenvalue weighted by molar-refractivity contribution is -0.132. The summed E-state index contributed by atoms with van der Waals surface area (Å²) < 4.78 is 0. The van der Waals surface area contributed by atoms with E-state index in [1.54, 1.807) is 0 Å². The van der Waals surface area contributed by atoms with E-state index in [1.807, 2.05) is 12.1 Å². The number of likely N-dealkylation sites (tertiary alicyclic amines) is 1. The first-order valence-electron chi connectivity index (χ1n) is 9.25. The number of hydrogen-bond donors (Lipinski definition) is 0. The van der Waals surface area contributed by atoms with Gasteiger partial charge in [-0.05, 0) is 49.3 Å². The van der Waals surface area contributed by atoms with Gasteiger partial charge < -0.3 is 4.90 Å². The summed E-state index contributed by atoms with van der Waals surface area (Å²) in [5.74, 6) is 1.48. The summed E-state index contributed by atoms with van der Waals surface area (Å²) in [6.45, 7) is 1.82. The van der Waals surface area contributed by atoms with Crippen LogP contribution in [0.15, 0.2) is 24.3 Å². The molecule has 1 aromatic rings. The maximum absolute atomic E-state index is 12.8. The van der Waals surface area contributed by atoms with Gasteiger partial charge >= 0.3 is 0 Å². The molecule has 3 rings (SSSR count). The van der Waals surface area contributed by atoms with Crippen LogP contribution in [0.1, 0.15) is 69.3 Å². The third-order valence-electron chi connectivity index (χ3n) is 5.55. The molecule has 1 aliphatic heterocycles. The van der Waals surface area contributed by atoms with Gasteiger partial charge in [0.25, 0.3) is 0 Å². The molecule has 1 aromatic carbocycles. The summed E-state index contributed by atoms with van der Waals surface area (Å²) in [5.41, 5.74) is 1.33. The van der Waals surface area contributed by atoms with E-state index >= 15 is 0 Å². The average Bonchev–Trinajstić information content (AvgIpc) is 2.83. The topological polar surface area (TPSA) is 20.3 Å². The van der Waals surface area contributed by atoms with Gasteiger partial charge in [0.2, 0.25) is 5.91 Å². The standard InChI is InChI=1S/C20H28ClNO/c21-19-11-9-17(10-12-19)18-8-4-5-13-22(15-18)20(23)14-16-6-2-1-3-7-16/h9-12,16,18H,1-8,13-15H2. The van der Waals surface area contributed by atoms with Crippen molar-refractivity contribution in [1.29, 1.82) is 0 Å². The Kier molecular flexibility index (Phi) is 5.99. The molecule has 126 valence electrons. The SMILES string of the molecule is O=C(CC1CCCCC1)N1CCCCC(c2ccc(Cl)cc2)C1. The highest BCUT2D eigenvalue weighted by Gasteiger charge is 2.25. The Bertz CT molecular complexity index is 507. The van der Waals surface area contributed by atoms with Crippen molar-refractivity contribution in [3.05, 3.63) is 34.9 Å². The van der Waals surface area contributed by atoms with Crippen LogP contribution < -0.4 is 0 Å². The summed E-state index contributed by atoms with van der Waals surface area (Å²) in [6, 6.07) is 8.19. The molecular formula is C20H28ClNO. The van der Waals surface area contributed by atoms with Gasteiger partial charge in [0.1, 0.15) is 0 Å². The number of halogens is 1. The zero-order valence-corrected chi connectivity index (χ0v) is 14.7. The molecule has 2 fully saturated rings. The number of hydrogen-bond acceptors (Lipinski definition) is 1. The van der Waals surface area contributed by atoms with E-state index in [4.69, 9.17) is 11.6 Å². The summed E-state index contributed by atoms with van der Waals surface area (Å²) in [7, 11) is 0. The second-order valence-corrected chi connectivity index (χ2v) is 7.73. The molecule has 0 spiro atoms. The Morgan fingerprint density at radius 2 is 1.70 bits per heavy atom. The van der Waals surface area contributed by atoms with E-state index in [-0.39, 0.29) is 0 Å². The molecule has 2 aliphatic rings. The van der Waals surface area contributed by atoms with E-state index in [9.17, 15) is 4.79 Å². The number of carbonyl (C=O) groups excluding carboxylic acids is 1. The monoisotopic (exact) mass is 333 g/mol. The first-order valence-corrected chi connectivity index (χ1v) is 9.63. The highest BCUT2D eigenvalue weighted by atomic mass is 35.5. The molecule has 3 heteroatoms. The molecule has 1 saturated carbocycles. The molecule has 1 saturated heterocycles. The van der Waals surface area contributed by atoms with Gasteiger partial charge in [0.15, 0.2) is 0 Å². The predicted molar refractivity (Wildman–Crippen MR) is 95.8 cm³/mol. The molecule has 0 bridgehead atoms. The molecule has 0 radical (unpaired) electrons. The molecular weight excluding hydrogens is 306 g/mol. The van der Waals surface area contributed by atoms with E-state index in [0.29, 0.717) is 17.7 Å². The maximum Gasteiger partial charge on any atom is 0.222 e. The van der Waals surface area contributed by atoms with Crippen molar-refractivity contribution in [2.45, 2.75) is 63.7 Å². The van der Waals surface area contributed by atoms with Crippen molar-refractivity contribution in [3.63, 3.8) is 0 Å². The van der Waals surface area contributed by atoms with Crippen LogP contribution in [-0.4, -0.2) is 23.9 Å². The molecule has 2 nitrogen and oxygen atoms in total. The minimum atomic E-state index is 0.387. The fraction of sp³-hybridized carbons (Fsp3) is 0.650. The van der Waals surface area contributed by atoms with Gasteiger partial charge in [-0.15, -0.1) is 0 Å². The molecule has 1 unspecified atom stereocenters. The first kappa shape index (κ1) is 16.8. The molecule has 1 aliphatic carbocycles. The fourth-order valence-electron chi connectivity index (χ4n) is 4.14. The normalized spacial score (nSPS) is 23.5. The fourth-order valence-corrected chi connectivity index (χ4v) is 4.27. The van der Waals surface area contributed by atoms with E-state index < -0.39 is 0 Å². The molecule has 0 aromatic heterocycles. The summed E-state index contributed by atoms with van der Waals surface area (Å²) in [5, 5.41) is 0.785. The minimum absolute atomic E-state index is 0.387. The molecule has 1 atom stereocenters. The van der Waals surface area contributed by atoms with Gasteiger partial charge in [-0.3, -0.25) is 4.79 Å². The zero-order valence-electron chi connectivity index (χ0n) is 14.0. The third-order valence-corrected chi connectivity index (χ3v) is 5.81. The van der Waals surface area contributed by atoms with Crippen molar-refractivity contribution in [2.24, 2.45) is 5.92 Å². The van der Waals surface area contributed by atoms with Crippen molar-refractivity contribution in [2.75, 3.05) is 13.1 Å². The van der Waals surface area contributed by atoms with Crippen LogP contribution in [0.4, 0.5) is 0 Å². The number of carbonyl (C=O) groups is 1. The summed E-state index contributed by atoms with van der Waals surface area (Å²) in [4.78, 5) is 14.9. The van der Waals surface area contributed by atoms with Crippen molar-refractivity contribution in [3.8, 4) is 0 Å². The van der Waals surface area contributed by atoms with Crippen LogP contribution in [0.3, 0.4) is 0 Å². The molecule has 1 heterocycles. The van der Waals surface area contributed by atoms with E-state index in [0.717, 1.165) is 31.0 Å². The Morgan fingerprint density at radius 1 is 1.00 bits per heavy atom.